The van der Waals surface area contributed by atoms with E-state index in [2.05, 4.69) is 21.7 Å². The van der Waals surface area contributed by atoms with Crippen LogP contribution < -0.4 is 10.6 Å². The smallest absolute Gasteiger partial charge is 0.287 e. The highest BCUT2D eigenvalue weighted by Gasteiger charge is 2.14. The van der Waals surface area contributed by atoms with Crippen molar-refractivity contribution in [1.82, 2.24) is 15.6 Å². The SMILES string of the molecule is O=C(NCCC1=CCNCC1)c1cc([N+](=O)[O-])c[nH]1. The minimum Gasteiger partial charge on any atom is -0.351 e. The number of amides is 1. The Kier molecular flexibility index (Phi) is 4.30. The molecule has 7 nitrogen and oxygen atoms in total. The minimum absolute atomic E-state index is 0.105. The Bertz CT molecular complexity index is 507. The van der Waals surface area contributed by atoms with E-state index in [1.807, 2.05) is 0 Å². The standard InChI is InChI=1S/C12H16N4O3/c17-12(11-7-10(8-15-11)16(18)19)14-6-3-9-1-4-13-5-2-9/h1,7-8,13,15H,2-6H2,(H,14,17). The van der Waals surface area contributed by atoms with Crippen molar-refractivity contribution in [1.29, 1.82) is 0 Å². The summed E-state index contributed by atoms with van der Waals surface area (Å²) < 4.78 is 0. The second-order valence-electron chi connectivity index (χ2n) is 4.35. The van der Waals surface area contributed by atoms with Gasteiger partial charge in [0.15, 0.2) is 0 Å². The Labute approximate surface area is 110 Å². The Morgan fingerprint density at radius 1 is 1.53 bits per heavy atom. The summed E-state index contributed by atoms with van der Waals surface area (Å²) in [7, 11) is 0. The molecule has 3 N–H and O–H groups in total. The number of nitrogens with one attached hydrogen (secondary N) is 3. The highest BCUT2D eigenvalue weighted by molar-refractivity contribution is 5.93. The second kappa shape index (κ2) is 6.14. The minimum atomic E-state index is -0.535. The molecule has 1 aliphatic rings. The summed E-state index contributed by atoms with van der Waals surface area (Å²) in [6, 6.07) is 1.24. The number of H-pyrrole nitrogens is 1. The van der Waals surface area contributed by atoms with Crippen molar-refractivity contribution < 1.29 is 9.72 Å². The van der Waals surface area contributed by atoms with Crippen LogP contribution in [0.3, 0.4) is 0 Å². The lowest BCUT2D eigenvalue weighted by Gasteiger charge is -2.13. The molecule has 0 radical (unpaired) electrons. The molecular formula is C12H16N4O3. The summed E-state index contributed by atoms with van der Waals surface area (Å²) in [6.45, 7) is 2.40. The lowest BCUT2D eigenvalue weighted by molar-refractivity contribution is -0.384. The van der Waals surface area contributed by atoms with Crippen molar-refractivity contribution in [2.75, 3.05) is 19.6 Å². The molecule has 0 aromatic carbocycles. The van der Waals surface area contributed by atoms with Crippen LogP contribution >= 0.6 is 0 Å². The van der Waals surface area contributed by atoms with Crippen molar-refractivity contribution >= 4 is 11.6 Å². The number of nitro groups is 1. The van der Waals surface area contributed by atoms with Crippen LogP contribution in [0.25, 0.3) is 0 Å². The van der Waals surface area contributed by atoms with Gasteiger partial charge in [-0.3, -0.25) is 14.9 Å². The maximum absolute atomic E-state index is 11.7. The van der Waals surface area contributed by atoms with Crippen molar-refractivity contribution in [3.05, 3.63) is 39.7 Å². The van der Waals surface area contributed by atoms with Gasteiger partial charge >= 0.3 is 0 Å². The first-order valence-corrected chi connectivity index (χ1v) is 6.16. The zero-order chi connectivity index (χ0) is 13.7. The zero-order valence-electron chi connectivity index (χ0n) is 10.4. The monoisotopic (exact) mass is 264 g/mol. The maximum Gasteiger partial charge on any atom is 0.287 e. The van der Waals surface area contributed by atoms with E-state index >= 15 is 0 Å². The van der Waals surface area contributed by atoms with Crippen LogP contribution in [0.4, 0.5) is 5.69 Å². The molecule has 0 spiro atoms. The van der Waals surface area contributed by atoms with Gasteiger partial charge in [-0.05, 0) is 19.4 Å². The van der Waals surface area contributed by atoms with Gasteiger partial charge in [0.2, 0.25) is 0 Å². The van der Waals surface area contributed by atoms with Crippen LogP contribution in [0.1, 0.15) is 23.3 Å². The summed E-state index contributed by atoms with van der Waals surface area (Å²) in [4.78, 5) is 24.3. The molecular weight excluding hydrogens is 248 g/mol. The molecule has 1 aromatic heterocycles. The number of aromatic nitrogens is 1. The molecule has 7 heteroatoms. The molecule has 1 amide bonds. The van der Waals surface area contributed by atoms with Crippen LogP contribution in [0.2, 0.25) is 0 Å². The predicted octanol–water partition coefficient (Wildman–Crippen LogP) is 0.962. The average molecular weight is 264 g/mol. The van der Waals surface area contributed by atoms with Crippen LogP contribution in [0, 0.1) is 10.1 Å². The number of nitrogens with zero attached hydrogens (tertiary/aromatic N) is 1. The molecule has 0 saturated carbocycles. The Morgan fingerprint density at radius 3 is 3.00 bits per heavy atom. The summed E-state index contributed by atoms with van der Waals surface area (Å²) >= 11 is 0. The fourth-order valence-corrected chi connectivity index (χ4v) is 1.95. The number of aromatic amines is 1. The topological polar surface area (TPSA) is 100 Å². The predicted molar refractivity (Wildman–Crippen MR) is 70.0 cm³/mol. The molecule has 0 unspecified atom stereocenters. The number of hydrogen-bond acceptors (Lipinski definition) is 4. The molecule has 0 saturated heterocycles. The first kappa shape index (κ1) is 13.3. The van der Waals surface area contributed by atoms with Gasteiger partial charge in [-0.2, -0.15) is 0 Å². The van der Waals surface area contributed by atoms with E-state index in [9.17, 15) is 14.9 Å². The normalized spacial score (nSPS) is 14.8. The molecule has 2 rings (SSSR count). The quantitative estimate of drug-likeness (QED) is 0.419. The molecule has 102 valence electrons. The van der Waals surface area contributed by atoms with Gasteiger partial charge < -0.3 is 15.6 Å². The fraction of sp³-hybridized carbons (Fsp3) is 0.417. The Morgan fingerprint density at radius 2 is 2.37 bits per heavy atom. The summed E-state index contributed by atoms with van der Waals surface area (Å²) in [5.74, 6) is -0.317. The Balaban J connectivity index is 1.80. The third kappa shape index (κ3) is 3.65. The van der Waals surface area contributed by atoms with Crippen molar-refractivity contribution in [3.8, 4) is 0 Å². The number of rotatable bonds is 5. The molecule has 2 heterocycles. The first-order valence-electron chi connectivity index (χ1n) is 6.16. The second-order valence-corrected chi connectivity index (χ2v) is 4.35. The van der Waals surface area contributed by atoms with Crippen LogP contribution in [-0.4, -0.2) is 35.4 Å². The first-order chi connectivity index (χ1) is 9.16. The highest BCUT2D eigenvalue weighted by Crippen LogP contribution is 2.12. The van der Waals surface area contributed by atoms with Crippen molar-refractivity contribution in [2.24, 2.45) is 0 Å². The van der Waals surface area contributed by atoms with E-state index in [0.29, 0.717) is 6.54 Å². The third-order valence-corrected chi connectivity index (χ3v) is 3.01. The van der Waals surface area contributed by atoms with Crippen molar-refractivity contribution in [2.45, 2.75) is 12.8 Å². The molecule has 1 aromatic rings. The zero-order valence-corrected chi connectivity index (χ0v) is 10.4. The van der Waals surface area contributed by atoms with E-state index in [0.717, 1.165) is 25.9 Å². The number of hydrogen-bond donors (Lipinski definition) is 3. The summed E-state index contributed by atoms with van der Waals surface area (Å²) in [5, 5.41) is 16.5. The maximum atomic E-state index is 11.7. The molecule has 0 aliphatic carbocycles. The van der Waals surface area contributed by atoms with E-state index < -0.39 is 4.92 Å². The average Bonchev–Trinajstić information content (AvgIpc) is 2.89. The van der Waals surface area contributed by atoms with Gasteiger partial charge in [-0.15, -0.1) is 0 Å². The lowest BCUT2D eigenvalue weighted by Crippen LogP contribution is -2.26. The van der Waals surface area contributed by atoms with E-state index in [-0.39, 0.29) is 17.3 Å². The van der Waals surface area contributed by atoms with Crippen LogP contribution in [0.5, 0.6) is 0 Å². The van der Waals surface area contributed by atoms with Crippen LogP contribution in [-0.2, 0) is 0 Å². The fourth-order valence-electron chi connectivity index (χ4n) is 1.95. The number of carbonyl (C=O) groups is 1. The molecule has 1 aliphatic heterocycles. The van der Waals surface area contributed by atoms with E-state index in [1.165, 1.54) is 17.8 Å². The van der Waals surface area contributed by atoms with Gasteiger partial charge in [0.25, 0.3) is 11.6 Å². The molecule has 0 bridgehead atoms. The van der Waals surface area contributed by atoms with Gasteiger partial charge in [0.1, 0.15) is 5.69 Å². The lowest BCUT2D eigenvalue weighted by atomic mass is 10.1. The van der Waals surface area contributed by atoms with E-state index in [1.54, 1.807) is 0 Å². The van der Waals surface area contributed by atoms with E-state index in [4.69, 9.17) is 0 Å². The van der Waals surface area contributed by atoms with Crippen molar-refractivity contribution in [3.63, 3.8) is 0 Å². The van der Waals surface area contributed by atoms with Gasteiger partial charge in [0.05, 0.1) is 11.1 Å². The molecule has 19 heavy (non-hydrogen) atoms. The van der Waals surface area contributed by atoms with Gasteiger partial charge in [-0.1, -0.05) is 11.6 Å². The summed E-state index contributed by atoms with van der Waals surface area (Å²) in [6.07, 6.45) is 5.17. The molecule has 0 atom stereocenters. The third-order valence-electron chi connectivity index (χ3n) is 3.01. The summed E-state index contributed by atoms with van der Waals surface area (Å²) in [5.41, 5.74) is 1.44. The Hall–Kier alpha value is -2.15. The number of carbonyl (C=O) groups excluding carboxylic acids is 1. The van der Waals surface area contributed by atoms with Crippen LogP contribution in [0.15, 0.2) is 23.9 Å². The van der Waals surface area contributed by atoms with Gasteiger partial charge in [-0.25, -0.2) is 0 Å². The highest BCUT2D eigenvalue weighted by atomic mass is 16.6. The largest absolute Gasteiger partial charge is 0.351 e. The molecule has 0 fully saturated rings. The van der Waals surface area contributed by atoms with Gasteiger partial charge in [0, 0.05) is 19.2 Å².